The van der Waals surface area contributed by atoms with Crippen molar-refractivity contribution in [1.82, 2.24) is 23.8 Å². The highest BCUT2D eigenvalue weighted by molar-refractivity contribution is 7.91. The van der Waals surface area contributed by atoms with E-state index in [4.69, 9.17) is 0 Å². The highest BCUT2D eigenvalue weighted by atomic mass is 32.2. The molecular weight excluding hydrogens is 514 g/mol. The Balaban J connectivity index is 2.01. The number of aromatic nitrogens is 5. The van der Waals surface area contributed by atoms with Crippen molar-refractivity contribution in [2.75, 3.05) is 5.75 Å². The number of pyridine rings is 1. The lowest BCUT2D eigenvalue weighted by Crippen LogP contribution is -2.34. The molecule has 7 nitrogen and oxygen atoms in total. The van der Waals surface area contributed by atoms with Crippen molar-refractivity contribution in [2.24, 2.45) is 0 Å². The van der Waals surface area contributed by atoms with E-state index < -0.39 is 61.5 Å². The fourth-order valence-corrected chi connectivity index (χ4v) is 4.54. The maximum Gasteiger partial charge on any atom is 0.459 e. The molecule has 4 aromatic heterocycles. The van der Waals surface area contributed by atoms with Crippen LogP contribution in [0.15, 0.2) is 35.7 Å². The van der Waals surface area contributed by atoms with Gasteiger partial charge in [0.1, 0.15) is 34.7 Å². The standard InChI is InChI=1S/C19H13F8N5O2S/c1-3-35(33,34)16-15(29-12-5-4-10(7-31(12)16)18(22,23)24)14-9(2)32-8-28-11(6-13(32)30-14)17(20,21)19(25,26)27/h4-8H,3H2,1-2H3. The van der Waals surface area contributed by atoms with E-state index >= 15 is 0 Å². The number of nitrogens with zero attached hydrogens (tertiary/aromatic N) is 5. The van der Waals surface area contributed by atoms with Crippen LogP contribution in [0, 0.1) is 6.92 Å². The molecule has 0 aliphatic heterocycles. The molecule has 16 heteroatoms. The van der Waals surface area contributed by atoms with Gasteiger partial charge in [0, 0.05) is 12.3 Å². The summed E-state index contributed by atoms with van der Waals surface area (Å²) in [4.78, 5) is 11.2. The largest absolute Gasteiger partial charge is 0.459 e. The van der Waals surface area contributed by atoms with Gasteiger partial charge in [-0.15, -0.1) is 0 Å². The Labute approximate surface area is 191 Å². The average Bonchev–Trinajstić information content (AvgIpc) is 3.29. The molecule has 0 saturated carbocycles. The Morgan fingerprint density at radius 3 is 2.11 bits per heavy atom. The summed E-state index contributed by atoms with van der Waals surface area (Å²) in [6.45, 7) is 2.59. The molecule has 0 aliphatic rings. The molecule has 0 fully saturated rings. The number of imidazole rings is 2. The molecule has 4 rings (SSSR count). The zero-order valence-electron chi connectivity index (χ0n) is 17.6. The first-order valence-electron chi connectivity index (χ1n) is 9.61. The molecule has 0 unspecified atom stereocenters. The van der Waals surface area contributed by atoms with Gasteiger partial charge in [0.25, 0.3) is 0 Å². The molecule has 0 amide bonds. The van der Waals surface area contributed by atoms with E-state index in [-0.39, 0.29) is 17.0 Å². The smallest absolute Gasteiger partial charge is 0.289 e. The fourth-order valence-electron chi connectivity index (χ4n) is 3.38. The third-order valence-electron chi connectivity index (χ3n) is 5.23. The summed E-state index contributed by atoms with van der Waals surface area (Å²) < 4.78 is 133. The first-order chi connectivity index (χ1) is 16.0. The van der Waals surface area contributed by atoms with Crippen LogP contribution >= 0.6 is 0 Å². The van der Waals surface area contributed by atoms with Gasteiger partial charge in [-0.25, -0.2) is 23.4 Å². The van der Waals surface area contributed by atoms with Crippen LogP contribution in [-0.4, -0.2) is 44.1 Å². The number of sulfone groups is 1. The monoisotopic (exact) mass is 527 g/mol. The Hall–Kier alpha value is -3.30. The SMILES string of the molecule is CCS(=O)(=O)c1c(-c2nc3cc(C(F)(F)C(F)(F)F)ncn3c2C)nc2ccc(C(F)(F)F)cn12. The summed E-state index contributed by atoms with van der Waals surface area (Å²) in [5.74, 6) is -5.82. The maximum atomic E-state index is 13.7. The zero-order valence-corrected chi connectivity index (χ0v) is 18.4. The summed E-state index contributed by atoms with van der Waals surface area (Å²) in [6.07, 6.45) is -9.52. The molecule has 0 saturated heterocycles. The van der Waals surface area contributed by atoms with Crippen LogP contribution in [0.4, 0.5) is 35.1 Å². The quantitative estimate of drug-likeness (QED) is 0.356. The minimum atomic E-state index is -5.93. The molecule has 0 spiro atoms. The molecule has 4 aromatic rings. The number of aryl methyl sites for hydroxylation is 1. The van der Waals surface area contributed by atoms with Crippen molar-refractivity contribution in [3.05, 3.63) is 47.7 Å². The van der Waals surface area contributed by atoms with Crippen molar-refractivity contribution < 1.29 is 43.5 Å². The Morgan fingerprint density at radius 2 is 1.54 bits per heavy atom. The predicted octanol–water partition coefficient (Wildman–Crippen LogP) is 4.82. The van der Waals surface area contributed by atoms with Crippen LogP contribution in [-0.2, 0) is 21.9 Å². The summed E-state index contributed by atoms with van der Waals surface area (Å²) in [6, 6.07) is 2.02. The van der Waals surface area contributed by atoms with Crippen LogP contribution in [0.5, 0.6) is 0 Å². The predicted molar refractivity (Wildman–Crippen MR) is 105 cm³/mol. The van der Waals surface area contributed by atoms with Gasteiger partial charge in [-0.2, -0.15) is 35.1 Å². The molecule has 0 bridgehead atoms. The van der Waals surface area contributed by atoms with E-state index in [0.29, 0.717) is 24.7 Å². The van der Waals surface area contributed by atoms with Crippen molar-refractivity contribution in [3.63, 3.8) is 0 Å². The third kappa shape index (κ3) is 3.88. The molecule has 0 atom stereocenters. The molecule has 188 valence electrons. The Bertz CT molecular complexity index is 1570. The molecular formula is C19H13F8N5O2S. The fraction of sp³-hybridized carbons (Fsp3) is 0.316. The van der Waals surface area contributed by atoms with E-state index in [2.05, 4.69) is 15.0 Å². The van der Waals surface area contributed by atoms with E-state index in [1.807, 2.05) is 0 Å². The van der Waals surface area contributed by atoms with E-state index in [0.717, 1.165) is 14.9 Å². The van der Waals surface area contributed by atoms with Gasteiger partial charge in [-0.1, -0.05) is 6.92 Å². The van der Waals surface area contributed by atoms with Gasteiger partial charge in [-0.05, 0) is 19.1 Å². The first kappa shape index (κ1) is 24.8. The number of hydrogen-bond acceptors (Lipinski definition) is 5. The van der Waals surface area contributed by atoms with Crippen molar-refractivity contribution >= 4 is 21.1 Å². The minimum Gasteiger partial charge on any atom is -0.289 e. The highest BCUT2D eigenvalue weighted by Gasteiger charge is 2.60. The Morgan fingerprint density at radius 1 is 0.914 bits per heavy atom. The first-order valence-corrected chi connectivity index (χ1v) is 11.3. The zero-order chi connectivity index (χ0) is 26.1. The highest BCUT2D eigenvalue weighted by Crippen LogP contribution is 2.43. The average molecular weight is 527 g/mol. The number of halogens is 8. The number of rotatable bonds is 4. The second kappa shape index (κ2) is 7.60. The van der Waals surface area contributed by atoms with Gasteiger partial charge in [0.2, 0.25) is 0 Å². The van der Waals surface area contributed by atoms with Crippen molar-refractivity contribution in [2.45, 2.75) is 37.1 Å². The van der Waals surface area contributed by atoms with E-state index in [1.54, 1.807) is 0 Å². The molecule has 4 heterocycles. The molecule has 0 radical (unpaired) electrons. The van der Waals surface area contributed by atoms with Crippen LogP contribution in [0.25, 0.3) is 22.7 Å². The second-order valence-electron chi connectivity index (χ2n) is 7.43. The summed E-state index contributed by atoms with van der Waals surface area (Å²) >= 11 is 0. The second-order valence-corrected chi connectivity index (χ2v) is 9.63. The normalized spacial score (nSPS) is 13.8. The van der Waals surface area contributed by atoms with E-state index in [9.17, 15) is 43.5 Å². The number of alkyl halides is 8. The minimum absolute atomic E-state index is 0.0568. The van der Waals surface area contributed by atoms with Crippen LogP contribution in [0.1, 0.15) is 23.9 Å². The number of hydrogen-bond donors (Lipinski definition) is 0. The molecule has 0 aromatic carbocycles. The van der Waals surface area contributed by atoms with Crippen molar-refractivity contribution in [1.29, 1.82) is 0 Å². The molecule has 0 N–H and O–H groups in total. The topological polar surface area (TPSA) is 81.6 Å². The summed E-state index contributed by atoms with van der Waals surface area (Å²) in [5, 5.41) is -0.638. The van der Waals surface area contributed by atoms with E-state index in [1.165, 1.54) is 13.8 Å². The van der Waals surface area contributed by atoms with Gasteiger partial charge in [-0.3, -0.25) is 8.80 Å². The maximum absolute atomic E-state index is 13.7. The lowest BCUT2D eigenvalue weighted by atomic mass is 10.2. The van der Waals surface area contributed by atoms with Crippen LogP contribution < -0.4 is 0 Å². The third-order valence-corrected chi connectivity index (χ3v) is 6.97. The summed E-state index contributed by atoms with van der Waals surface area (Å²) in [5.41, 5.74) is -3.99. The van der Waals surface area contributed by atoms with Gasteiger partial charge in [0.05, 0.1) is 17.0 Å². The van der Waals surface area contributed by atoms with Crippen LogP contribution in [0.2, 0.25) is 0 Å². The molecule has 0 aliphatic carbocycles. The van der Waals surface area contributed by atoms with Crippen molar-refractivity contribution in [3.8, 4) is 11.4 Å². The molecule has 35 heavy (non-hydrogen) atoms. The lowest BCUT2D eigenvalue weighted by molar-refractivity contribution is -0.290. The number of fused-ring (bicyclic) bond motifs is 2. The van der Waals surface area contributed by atoms with Gasteiger partial charge < -0.3 is 0 Å². The Kier molecular flexibility index (Phi) is 5.39. The summed E-state index contributed by atoms with van der Waals surface area (Å²) in [7, 11) is -4.23. The van der Waals surface area contributed by atoms with Gasteiger partial charge >= 0.3 is 18.3 Å². The van der Waals surface area contributed by atoms with Crippen LogP contribution in [0.3, 0.4) is 0 Å². The lowest BCUT2D eigenvalue weighted by Gasteiger charge is -2.18. The van der Waals surface area contributed by atoms with Gasteiger partial charge in [0.15, 0.2) is 14.9 Å².